The first kappa shape index (κ1) is 13.5. The Morgan fingerprint density at radius 2 is 1.79 bits per heavy atom. The van der Waals surface area contributed by atoms with E-state index < -0.39 is 0 Å². The molecule has 19 heavy (non-hydrogen) atoms. The molecular formula is C17H28O2. The van der Waals surface area contributed by atoms with E-state index in [9.17, 15) is 4.79 Å². The molecule has 0 N–H and O–H groups in total. The molecule has 0 radical (unpaired) electrons. The molecule has 3 rings (SSSR count). The van der Waals surface area contributed by atoms with Crippen LogP contribution >= 0.6 is 0 Å². The maximum Gasteiger partial charge on any atom is 0.303 e. The monoisotopic (exact) mass is 264 g/mol. The zero-order valence-corrected chi connectivity index (χ0v) is 13.1. The Balaban J connectivity index is 1.99. The van der Waals surface area contributed by atoms with Crippen LogP contribution in [-0.2, 0) is 9.53 Å². The van der Waals surface area contributed by atoms with Gasteiger partial charge in [0.05, 0.1) is 0 Å². The van der Waals surface area contributed by atoms with Gasteiger partial charge < -0.3 is 4.74 Å². The van der Waals surface area contributed by atoms with E-state index in [1.54, 1.807) is 6.92 Å². The van der Waals surface area contributed by atoms with Gasteiger partial charge >= 0.3 is 5.97 Å². The molecule has 0 aromatic rings. The fraction of sp³-hybridized carbons (Fsp3) is 0.941. The second kappa shape index (κ2) is 3.77. The maximum absolute atomic E-state index is 11.5. The third-order valence-electron chi connectivity index (χ3n) is 7.15. The molecule has 1 spiro atoms. The van der Waals surface area contributed by atoms with Crippen LogP contribution in [0.3, 0.4) is 0 Å². The molecule has 108 valence electrons. The lowest BCUT2D eigenvalue weighted by Gasteiger charge is -2.46. The molecule has 3 fully saturated rings. The predicted octanol–water partition coefficient (Wildman–Crippen LogP) is 4.18. The van der Waals surface area contributed by atoms with Crippen LogP contribution in [0.2, 0.25) is 0 Å². The molecule has 0 amide bonds. The van der Waals surface area contributed by atoms with Crippen LogP contribution in [0.1, 0.15) is 66.7 Å². The summed E-state index contributed by atoms with van der Waals surface area (Å²) >= 11 is 0. The van der Waals surface area contributed by atoms with Gasteiger partial charge in [-0.1, -0.05) is 20.8 Å². The van der Waals surface area contributed by atoms with Crippen molar-refractivity contribution in [3.63, 3.8) is 0 Å². The van der Waals surface area contributed by atoms with Gasteiger partial charge in [0.1, 0.15) is 5.60 Å². The summed E-state index contributed by atoms with van der Waals surface area (Å²) in [7, 11) is 0. The molecule has 0 aromatic heterocycles. The van der Waals surface area contributed by atoms with Gasteiger partial charge in [0.2, 0.25) is 0 Å². The van der Waals surface area contributed by atoms with Crippen LogP contribution in [-0.4, -0.2) is 11.6 Å². The van der Waals surface area contributed by atoms with Crippen LogP contribution < -0.4 is 0 Å². The number of rotatable bonds is 1. The SMILES string of the molecule is CC(=O)O[C@]1(C)CC[C@]23C[C@H]1C(C)(C)[C@@H]2CC[C@@H]3C. The van der Waals surface area contributed by atoms with Gasteiger partial charge in [-0.15, -0.1) is 0 Å². The molecule has 0 aromatic carbocycles. The van der Waals surface area contributed by atoms with Crippen LogP contribution in [0.15, 0.2) is 0 Å². The summed E-state index contributed by atoms with van der Waals surface area (Å²) in [5.74, 6) is 2.10. The van der Waals surface area contributed by atoms with Crippen molar-refractivity contribution in [1.29, 1.82) is 0 Å². The highest BCUT2D eigenvalue weighted by atomic mass is 16.6. The molecule has 2 nitrogen and oxygen atoms in total. The molecule has 3 saturated carbocycles. The van der Waals surface area contributed by atoms with Gasteiger partial charge in [-0.2, -0.15) is 0 Å². The van der Waals surface area contributed by atoms with E-state index in [2.05, 4.69) is 27.7 Å². The van der Waals surface area contributed by atoms with Crippen molar-refractivity contribution in [2.45, 2.75) is 72.3 Å². The normalized spacial score (nSPS) is 50.9. The number of carbonyl (C=O) groups is 1. The Bertz CT molecular complexity index is 413. The number of hydrogen-bond acceptors (Lipinski definition) is 2. The largest absolute Gasteiger partial charge is 0.459 e. The highest BCUT2D eigenvalue weighted by molar-refractivity contribution is 5.66. The summed E-state index contributed by atoms with van der Waals surface area (Å²) in [6.45, 7) is 11.0. The van der Waals surface area contributed by atoms with E-state index in [-0.39, 0.29) is 11.6 Å². The first-order valence-electron chi connectivity index (χ1n) is 7.92. The van der Waals surface area contributed by atoms with Gasteiger partial charge in [-0.05, 0) is 61.7 Å². The molecule has 3 aliphatic carbocycles. The van der Waals surface area contributed by atoms with E-state index in [4.69, 9.17) is 4.74 Å². The molecule has 3 aliphatic rings. The molecular weight excluding hydrogens is 236 g/mol. The predicted molar refractivity (Wildman–Crippen MR) is 75.6 cm³/mol. The highest BCUT2D eigenvalue weighted by Crippen LogP contribution is 2.73. The molecule has 0 unspecified atom stereocenters. The van der Waals surface area contributed by atoms with Crippen molar-refractivity contribution in [2.24, 2.45) is 28.6 Å². The molecule has 2 bridgehead atoms. The Morgan fingerprint density at radius 3 is 2.42 bits per heavy atom. The Morgan fingerprint density at radius 1 is 1.11 bits per heavy atom. The number of esters is 1. The molecule has 0 heterocycles. The smallest absolute Gasteiger partial charge is 0.303 e. The van der Waals surface area contributed by atoms with Crippen molar-refractivity contribution in [3.8, 4) is 0 Å². The van der Waals surface area contributed by atoms with Crippen LogP contribution in [0.5, 0.6) is 0 Å². The zero-order chi connectivity index (χ0) is 14.1. The van der Waals surface area contributed by atoms with E-state index in [1.165, 1.54) is 25.7 Å². The van der Waals surface area contributed by atoms with Crippen molar-refractivity contribution >= 4 is 5.97 Å². The lowest BCUT2D eigenvalue weighted by Crippen LogP contribution is -2.47. The summed E-state index contributed by atoms with van der Waals surface area (Å²) in [4.78, 5) is 11.5. The summed E-state index contributed by atoms with van der Waals surface area (Å²) in [5.41, 5.74) is 0.629. The van der Waals surface area contributed by atoms with E-state index in [0.717, 1.165) is 18.3 Å². The lowest BCUT2D eigenvalue weighted by atomic mass is 9.64. The maximum atomic E-state index is 11.5. The second-order valence-corrected chi connectivity index (χ2v) is 8.25. The zero-order valence-electron chi connectivity index (χ0n) is 13.1. The van der Waals surface area contributed by atoms with Crippen LogP contribution in [0.25, 0.3) is 0 Å². The minimum Gasteiger partial charge on any atom is -0.459 e. The van der Waals surface area contributed by atoms with Crippen molar-refractivity contribution in [3.05, 3.63) is 0 Å². The number of carbonyl (C=O) groups excluding carboxylic acids is 1. The fourth-order valence-corrected chi connectivity index (χ4v) is 6.31. The van der Waals surface area contributed by atoms with Gasteiger partial charge in [0.25, 0.3) is 0 Å². The highest BCUT2D eigenvalue weighted by Gasteiger charge is 2.68. The summed E-state index contributed by atoms with van der Waals surface area (Å²) < 4.78 is 5.80. The van der Waals surface area contributed by atoms with Crippen LogP contribution in [0, 0.1) is 28.6 Å². The second-order valence-electron chi connectivity index (χ2n) is 8.25. The van der Waals surface area contributed by atoms with Gasteiger partial charge in [0, 0.05) is 12.8 Å². The van der Waals surface area contributed by atoms with E-state index in [1.807, 2.05) is 0 Å². The summed E-state index contributed by atoms with van der Waals surface area (Å²) in [5, 5.41) is 0. The van der Waals surface area contributed by atoms with E-state index in [0.29, 0.717) is 16.7 Å². The minimum absolute atomic E-state index is 0.112. The first-order valence-corrected chi connectivity index (χ1v) is 7.92. The van der Waals surface area contributed by atoms with Crippen molar-refractivity contribution in [2.75, 3.05) is 0 Å². The Hall–Kier alpha value is -0.530. The number of hydrogen-bond donors (Lipinski definition) is 0. The third-order valence-corrected chi connectivity index (χ3v) is 7.15. The van der Waals surface area contributed by atoms with Crippen molar-refractivity contribution in [1.82, 2.24) is 0 Å². The Kier molecular flexibility index (Phi) is 2.67. The Labute approximate surface area is 117 Å². The fourth-order valence-electron chi connectivity index (χ4n) is 6.31. The van der Waals surface area contributed by atoms with E-state index >= 15 is 0 Å². The topological polar surface area (TPSA) is 26.3 Å². The van der Waals surface area contributed by atoms with Crippen LogP contribution in [0.4, 0.5) is 0 Å². The third kappa shape index (κ3) is 1.58. The molecule has 2 heteroatoms. The number of fused-ring (bicyclic) bond motifs is 1. The summed E-state index contributed by atoms with van der Waals surface area (Å²) in [6.07, 6.45) is 6.35. The van der Waals surface area contributed by atoms with Gasteiger partial charge in [-0.3, -0.25) is 4.79 Å². The lowest BCUT2D eigenvalue weighted by molar-refractivity contribution is -0.171. The van der Waals surface area contributed by atoms with Crippen molar-refractivity contribution < 1.29 is 9.53 Å². The molecule has 0 saturated heterocycles. The quantitative estimate of drug-likeness (QED) is 0.664. The minimum atomic E-state index is -0.232. The average molecular weight is 264 g/mol. The first-order chi connectivity index (χ1) is 8.72. The summed E-state index contributed by atoms with van der Waals surface area (Å²) in [6, 6.07) is 0. The molecule has 5 atom stereocenters. The average Bonchev–Trinajstić information content (AvgIpc) is 2.69. The molecule has 0 aliphatic heterocycles. The number of ether oxygens (including phenoxy) is 1. The van der Waals surface area contributed by atoms with Gasteiger partial charge in [0.15, 0.2) is 0 Å². The van der Waals surface area contributed by atoms with Gasteiger partial charge in [-0.25, -0.2) is 0 Å². The standard InChI is InChI=1S/C17H28O2/c1-11-6-7-13-15(3,4)14-10-17(11,13)9-8-16(14,5)19-12(2)18/h11,13-14H,6-10H2,1-5H3/t11-,13-,14-,16+,17+/m0/s1.